The van der Waals surface area contributed by atoms with Crippen LogP contribution in [0.3, 0.4) is 0 Å². The minimum atomic E-state index is -1.44. The number of aliphatic carboxylic acids is 3. The highest BCUT2D eigenvalue weighted by molar-refractivity contribution is 14.1. The summed E-state index contributed by atoms with van der Waals surface area (Å²) in [5.74, 6) is -4.04. The standard InChI is InChI=1S/C14H22IN3O8/c15-7-10(19)16-6-2-1-3-8(12(22)23)17-14(26)18-9(13(24)25)4-5-11(20)21/h8-9H,1-7H2,(H,16,19)(H,20,21)(H,22,23)(H,24,25)(H2,17,18,26)/t8-,9-/m0/s1. The van der Waals surface area contributed by atoms with Gasteiger partial charge in [0, 0.05) is 13.0 Å². The number of carboxylic acid groups (broad SMARTS) is 3. The van der Waals surface area contributed by atoms with Crippen LogP contribution in [0.1, 0.15) is 32.1 Å². The predicted molar refractivity (Wildman–Crippen MR) is 97.1 cm³/mol. The van der Waals surface area contributed by atoms with E-state index in [0.29, 0.717) is 23.8 Å². The van der Waals surface area contributed by atoms with Gasteiger partial charge in [0.2, 0.25) is 5.91 Å². The Balaban J connectivity index is 4.39. The lowest BCUT2D eigenvalue weighted by atomic mass is 10.1. The van der Waals surface area contributed by atoms with Crippen molar-refractivity contribution < 1.29 is 39.3 Å². The fourth-order valence-electron chi connectivity index (χ4n) is 1.89. The molecular weight excluding hydrogens is 465 g/mol. The Bertz CT molecular complexity index is 528. The quantitative estimate of drug-likeness (QED) is 0.117. The van der Waals surface area contributed by atoms with Crippen molar-refractivity contribution in [2.24, 2.45) is 0 Å². The lowest BCUT2D eigenvalue weighted by Gasteiger charge is -2.18. The van der Waals surface area contributed by atoms with Crippen LogP contribution in [0, 0.1) is 0 Å². The molecule has 0 bridgehead atoms. The second-order valence-corrected chi connectivity index (χ2v) is 6.07. The summed E-state index contributed by atoms with van der Waals surface area (Å²) in [7, 11) is 0. The Kier molecular flexibility index (Phi) is 12.1. The highest BCUT2D eigenvalue weighted by atomic mass is 127. The average molecular weight is 487 g/mol. The van der Waals surface area contributed by atoms with E-state index in [1.54, 1.807) is 0 Å². The molecule has 0 fully saturated rings. The van der Waals surface area contributed by atoms with Gasteiger partial charge in [-0.2, -0.15) is 0 Å². The molecule has 12 heteroatoms. The molecule has 0 heterocycles. The van der Waals surface area contributed by atoms with Gasteiger partial charge in [-0.3, -0.25) is 9.59 Å². The van der Waals surface area contributed by atoms with Gasteiger partial charge in [-0.15, -0.1) is 0 Å². The number of hydrogen-bond acceptors (Lipinski definition) is 5. The molecule has 26 heavy (non-hydrogen) atoms. The second-order valence-electron chi connectivity index (χ2n) is 5.31. The van der Waals surface area contributed by atoms with Crippen LogP contribution in [0.5, 0.6) is 0 Å². The molecule has 148 valence electrons. The lowest BCUT2D eigenvalue weighted by molar-refractivity contribution is -0.140. The zero-order chi connectivity index (χ0) is 20.1. The molecule has 0 aromatic rings. The molecule has 3 amide bonds. The molecule has 0 saturated heterocycles. The van der Waals surface area contributed by atoms with Gasteiger partial charge in [0.05, 0.1) is 4.43 Å². The fraction of sp³-hybridized carbons (Fsp3) is 0.643. The molecular formula is C14H22IN3O8. The van der Waals surface area contributed by atoms with Crippen molar-refractivity contribution in [1.29, 1.82) is 0 Å². The highest BCUT2D eigenvalue weighted by Gasteiger charge is 2.24. The van der Waals surface area contributed by atoms with Gasteiger partial charge in [0.1, 0.15) is 12.1 Å². The van der Waals surface area contributed by atoms with Crippen molar-refractivity contribution in [3.8, 4) is 0 Å². The maximum Gasteiger partial charge on any atom is 0.326 e. The molecule has 0 aromatic heterocycles. The van der Waals surface area contributed by atoms with Crippen molar-refractivity contribution in [2.45, 2.75) is 44.2 Å². The van der Waals surface area contributed by atoms with Crippen molar-refractivity contribution in [3.63, 3.8) is 0 Å². The largest absolute Gasteiger partial charge is 0.481 e. The third kappa shape index (κ3) is 11.4. The second kappa shape index (κ2) is 13.1. The van der Waals surface area contributed by atoms with E-state index in [1.165, 1.54) is 0 Å². The summed E-state index contributed by atoms with van der Waals surface area (Å²) in [6.45, 7) is 0.386. The van der Waals surface area contributed by atoms with E-state index >= 15 is 0 Å². The summed E-state index contributed by atoms with van der Waals surface area (Å²) in [6.07, 6.45) is 0.247. The Hall–Kier alpha value is -2.12. The Morgan fingerprint density at radius 3 is 1.85 bits per heavy atom. The predicted octanol–water partition coefficient (Wildman–Crippen LogP) is -0.222. The number of carboxylic acids is 3. The van der Waals surface area contributed by atoms with Gasteiger partial charge in [-0.25, -0.2) is 14.4 Å². The fourth-order valence-corrected chi connectivity index (χ4v) is 2.16. The maximum absolute atomic E-state index is 11.8. The van der Waals surface area contributed by atoms with Gasteiger partial charge < -0.3 is 31.3 Å². The normalized spacial score (nSPS) is 12.5. The summed E-state index contributed by atoms with van der Waals surface area (Å²) in [5.41, 5.74) is 0. The third-order valence-electron chi connectivity index (χ3n) is 3.22. The first kappa shape index (κ1) is 23.9. The van der Waals surface area contributed by atoms with Crippen LogP contribution in [0.15, 0.2) is 0 Å². The van der Waals surface area contributed by atoms with Crippen molar-refractivity contribution >= 4 is 52.4 Å². The zero-order valence-electron chi connectivity index (χ0n) is 13.9. The number of carbonyl (C=O) groups excluding carboxylic acids is 2. The van der Waals surface area contributed by atoms with Crippen LogP contribution in [-0.2, 0) is 19.2 Å². The number of urea groups is 1. The van der Waals surface area contributed by atoms with E-state index in [-0.39, 0.29) is 18.7 Å². The number of unbranched alkanes of at least 4 members (excludes halogenated alkanes) is 1. The summed E-state index contributed by atoms with van der Waals surface area (Å²) in [4.78, 5) is 55.5. The van der Waals surface area contributed by atoms with Gasteiger partial charge >= 0.3 is 23.9 Å². The number of hydrogen-bond donors (Lipinski definition) is 6. The highest BCUT2D eigenvalue weighted by Crippen LogP contribution is 2.03. The van der Waals surface area contributed by atoms with Crippen molar-refractivity contribution in [3.05, 3.63) is 0 Å². The Morgan fingerprint density at radius 2 is 1.38 bits per heavy atom. The van der Waals surface area contributed by atoms with Crippen LogP contribution in [0.2, 0.25) is 0 Å². The molecule has 0 aliphatic rings. The summed E-state index contributed by atoms with van der Waals surface area (Å²) in [6, 6.07) is -3.68. The summed E-state index contributed by atoms with van der Waals surface area (Å²) >= 11 is 1.91. The number of rotatable bonds is 13. The van der Waals surface area contributed by atoms with Gasteiger partial charge in [-0.05, 0) is 25.7 Å². The van der Waals surface area contributed by atoms with E-state index in [0.717, 1.165) is 0 Å². The SMILES string of the molecule is O=C(O)CC[C@H](NC(=O)N[C@@H](CCCCNC(=O)CI)C(=O)O)C(=O)O. The molecule has 0 spiro atoms. The summed E-state index contributed by atoms with van der Waals surface area (Å²) in [5, 5.41) is 33.5. The number of amides is 3. The molecule has 11 nitrogen and oxygen atoms in total. The van der Waals surface area contributed by atoms with E-state index < -0.39 is 42.4 Å². The van der Waals surface area contributed by atoms with Gasteiger partial charge in [-0.1, -0.05) is 22.6 Å². The first-order valence-corrected chi connectivity index (χ1v) is 9.27. The molecule has 0 saturated carbocycles. The maximum atomic E-state index is 11.8. The van der Waals surface area contributed by atoms with Crippen LogP contribution in [-0.4, -0.2) is 68.2 Å². The van der Waals surface area contributed by atoms with Crippen molar-refractivity contribution in [1.82, 2.24) is 16.0 Å². The number of nitrogens with one attached hydrogen (secondary N) is 3. The first-order chi connectivity index (χ1) is 12.2. The average Bonchev–Trinajstić information content (AvgIpc) is 2.56. The molecule has 0 radical (unpaired) electrons. The molecule has 0 unspecified atom stereocenters. The molecule has 2 atom stereocenters. The minimum Gasteiger partial charge on any atom is -0.481 e. The van der Waals surface area contributed by atoms with Crippen molar-refractivity contribution in [2.75, 3.05) is 11.0 Å². The minimum absolute atomic E-state index is 0.0930. The Labute approximate surface area is 163 Å². The third-order valence-corrected chi connectivity index (χ3v) is 3.91. The monoisotopic (exact) mass is 487 g/mol. The van der Waals surface area contributed by atoms with Crippen LogP contribution in [0.25, 0.3) is 0 Å². The first-order valence-electron chi connectivity index (χ1n) is 7.74. The van der Waals surface area contributed by atoms with E-state index in [1.807, 2.05) is 27.9 Å². The molecule has 6 N–H and O–H groups in total. The van der Waals surface area contributed by atoms with Crippen LogP contribution in [0.4, 0.5) is 4.79 Å². The molecule has 0 aliphatic carbocycles. The lowest BCUT2D eigenvalue weighted by Crippen LogP contribution is -2.51. The molecule has 0 aliphatic heterocycles. The van der Waals surface area contributed by atoms with Gasteiger partial charge in [0.15, 0.2) is 0 Å². The number of alkyl halides is 1. The topological polar surface area (TPSA) is 182 Å². The van der Waals surface area contributed by atoms with E-state index in [2.05, 4.69) is 10.6 Å². The van der Waals surface area contributed by atoms with E-state index in [4.69, 9.17) is 15.3 Å². The Morgan fingerprint density at radius 1 is 0.846 bits per heavy atom. The summed E-state index contributed by atoms with van der Waals surface area (Å²) < 4.78 is 0.323. The van der Waals surface area contributed by atoms with Gasteiger partial charge in [0.25, 0.3) is 0 Å². The van der Waals surface area contributed by atoms with Crippen LogP contribution >= 0.6 is 22.6 Å². The number of halogens is 1. The molecule has 0 rings (SSSR count). The van der Waals surface area contributed by atoms with E-state index in [9.17, 15) is 24.0 Å². The van der Waals surface area contributed by atoms with Crippen LogP contribution < -0.4 is 16.0 Å². The zero-order valence-corrected chi connectivity index (χ0v) is 16.0. The molecule has 0 aromatic carbocycles. The number of carbonyl (C=O) groups is 5. The smallest absolute Gasteiger partial charge is 0.326 e.